The quantitative estimate of drug-likeness (QED) is 0.816. The largest absolute Gasteiger partial charge is 0.392 e. The highest BCUT2D eigenvalue weighted by Gasteiger charge is 2.16. The first-order valence-electron chi connectivity index (χ1n) is 4.47. The van der Waals surface area contributed by atoms with Crippen molar-refractivity contribution in [1.29, 1.82) is 0 Å². The molecule has 0 saturated carbocycles. The number of hydrogen-bond acceptors (Lipinski definition) is 2. The maximum atomic E-state index is 13.1. The van der Waals surface area contributed by atoms with Gasteiger partial charge in [0.05, 0.1) is 21.6 Å². The number of carbonyl (C=O) groups is 1. The van der Waals surface area contributed by atoms with Crippen LogP contribution in [0.4, 0.5) is 4.39 Å². The lowest BCUT2D eigenvalue weighted by Gasteiger charge is -2.12. The third kappa shape index (κ3) is 2.90. The number of benzene rings is 1. The maximum absolute atomic E-state index is 13.1. The van der Waals surface area contributed by atoms with Crippen molar-refractivity contribution in [3.63, 3.8) is 0 Å². The predicted octanol–water partition coefficient (Wildman–Crippen LogP) is 1.88. The van der Waals surface area contributed by atoms with Crippen LogP contribution in [-0.4, -0.2) is 16.9 Å². The van der Waals surface area contributed by atoms with Crippen molar-refractivity contribution in [2.24, 2.45) is 5.73 Å². The lowest BCUT2D eigenvalue weighted by Crippen LogP contribution is -2.41. The first kappa shape index (κ1) is 12.9. The Kier molecular flexibility index (Phi) is 4.20. The van der Waals surface area contributed by atoms with E-state index in [4.69, 9.17) is 29.6 Å². The van der Waals surface area contributed by atoms with Crippen LogP contribution in [0, 0.1) is 5.82 Å². The number of nitrogens with two attached hydrogens (primary N) is 1. The summed E-state index contributed by atoms with van der Waals surface area (Å²) in [6, 6.07) is 3.53. The number of nitrogens with one attached hydrogen (secondary N) is 1. The Bertz CT molecular complexity index is 439. The van der Waals surface area contributed by atoms with Crippen molar-refractivity contribution in [2.75, 3.05) is 0 Å². The lowest BCUT2D eigenvalue weighted by molar-refractivity contribution is 0.0949. The summed E-state index contributed by atoms with van der Waals surface area (Å²) in [6.45, 7) is 1.63. The highest BCUT2D eigenvalue weighted by atomic mass is 35.5. The standard InChI is InChI=1S/C10H10ClFN2OS/c1-5(9(13)16)14-10(15)6-3-2-4-7(12)8(6)11/h2-5H,1H3,(H2,13,16)(H,14,15). The number of rotatable bonds is 3. The summed E-state index contributed by atoms with van der Waals surface area (Å²) in [7, 11) is 0. The van der Waals surface area contributed by atoms with Crippen LogP contribution < -0.4 is 11.1 Å². The van der Waals surface area contributed by atoms with Crippen LogP contribution in [0.2, 0.25) is 5.02 Å². The van der Waals surface area contributed by atoms with Gasteiger partial charge < -0.3 is 11.1 Å². The summed E-state index contributed by atoms with van der Waals surface area (Å²) < 4.78 is 13.1. The summed E-state index contributed by atoms with van der Waals surface area (Å²) in [5.74, 6) is -1.15. The first-order valence-corrected chi connectivity index (χ1v) is 5.26. The van der Waals surface area contributed by atoms with Gasteiger partial charge in [0.2, 0.25) is 0 Å². The Morgan fingerprint density at radius 1 is 1.62 bits per heavy atom. The minimum absolute atomic E-state index is 0.0600. The molecule has 0 radical (unpaired) electrons. The molecule has 3 N–H and O–H groups in total. The normalized spacial score (nSPS) is 11.9. The van der Waals surface area contributed by atoms with Crippen LogP contribution in [0.1, 0.15) is 17.3 Å². The smallest absolute Gasteiger partial charge is 0.253 e. The zero-order chi connectivity index (χ0) is 12.3. The second kappa shape index (κ2) is 5.23. The molecule has 0 aliphatic carbocycles. The molecule has 0 aliphatic heterocycles. The zero-order valence-corrected chi connectivity index (χ0v) is 10.0. The molecule has 1 unspecified atom stereocenters. The fourth-order valence-electron chi connectivity index (χ4n) is 1.02. The minimum Gasteiger partial charge on any atom is -0.392 e. The topological polar surface area (TPSA) is 55.1 Å². The number of amides is 1. The third-order valence-electron chi connectivity index (χ3n) is 1.97. The molecule has 1 aromatic carbocycles. The fraction of sp³-hybridized carbons (Fsp3) is 0.200. The van der Waals surface area contributed by atoms with Gasteiger partial charge in [0.25, 0.3) is 5.91 Å². The van der Waals surface area contributed by atoms with Crippen LogP contribution in [0.3, 0.4) is 0 Å². The third-order valence-corrected chi connectivity index (χ3v) is 2.71. The Balaban J connectivity index is 2.89. The van der Waals surface area contributed by atoms with Gasteiger partial charge in [0, 0.05) is 0 Å². The van der Waals surface area contributed by atoms with Gasteiger partial charge >= 0.3 is 0 Å². The van der Waals surface area contributed by atoms with Gasteiger partial charge in [0.1, 0.15) is 5.82 Å². The van der Waals surface area contributed by atoms with Crippen LogP contribution >= 0.6 is 23.8 Å². The SMILES string of the molecule is CC(NC(=O)c1cccc(F)c1Cl)C(N)=S. The molecule has 0 spiro atoms. The molecule has 0 heterocycles. The molecular weight excluding hydrogens is 251 g/mol. The summed E-state index contributed by atoms with van der Waals surface area (Å²) in [4.78, 5) is 11.8. The van der Waals surface area contributed by atoms with Crippen molar-refractivity contribution in [3.8, 4) is 0 Å². The van der Waals surface area contributed by atoms with Gasteiger partial charge in [-0.05, 0) is 19.1 Å². The van der Waals surface area contributed by atoms with E-state index in [0.29, 0.717) is 0 Å². The van der Waals surface area contributed by atoms with E-state index in [1.54, 1.807) is 6.92 Å². The summed E-state index contributed by atoms with van der Waals surface area (Å²) in [5.41, 5.74) is 5.40. The van der Waals surface area contributed by atoms with Gasteiger partial charge in [-0.1, -0.05) is 29.9 Å². The Morgan fingerprint density at radius 3 is 2.81 bits per heavy atom. The van der Waals surface area contributed by atoms with Crippen molar-refractivity contribution in [1.82, 2.24) is 5.32 Å². The molecule has 3 nitrogen and oxygen atoms in total. The van der Waals surface area contributed by atoms with E-state index < -0.39 is 17.8 Å². The van der Waals surface area contributed by atoms with E-state index in [-0.39, 0.29) is 15.6 Å². The van der Waals surface area contributed by atoms with Gasteiger partial charge in [-0.25, -0.2) is 4.39 Å². The molecule has 6 heteroatoms. The number of carbonyl (C=O) groups excluding carboxylic acids is 1. The molecule has 1 amide bonds. The van der Waals surface area contributed by atoms with E-state index in [0.717, 1.165) is 0 Å². The van der Waals surface area contributed by atoms with Crippen LogP contribution in [0.15, 0.2) is 18.2 Å². The van der Waals surface area contributed by atoms with E-state index in [9.17, 15) is 9.18 Å². The van der Waals surface area contributed by atoms with Crippen LogP contribution in [-0.2, 0) is 0 Å². The molecule has 0 saturated heterocycles. The summed E-state index contributed by atoms with van der Waals surface area (Å²) >= 11 is 10.4. The van der Waals surface area contributed by atoms with Gasteiger partial charge in [-0.2, -0.15) is 0 Å². The van der Waals surface area contributed by atoms with E-state index >= 15 is 0 Å². The van der Waals surface area contributed by atoms with Crippen LogP contribution in [0.5, 0.6) is 0 Å². The second-order valence-corrected chi connectivity index (χ2v) is 4.05. The first-order chi connectivity index (χ1) is 7.43. The molecular formula is C10H10ClFN2OS. The highest BCUT2D eigenvalue weighted by Crippen LogP contribution is 2.19. The molecule has 1 rings (SSSR count). The Morgan fingerprint density at radius 2 is 2.25 bits per heavy atom. The second-order valence-electron chi connectivity index (χ2n) is 3.20. The van der Waals surface area contributed by atoms with Crippen molar-refractivity contribution in [3.05, 3.63) is 34.6 Å². The molecule has 0 bridgehead atoms. The lowest BCUT2D eigenvalue weighted by atomic mass is 10.2. The van der Waals surface area contributed by atoms with Crippen molar-refractivity contribution in [2.45, 2.75) is 13.0 Å². The Labute approximate surface area is 103 Å². The molecule has 16 heavy (non-hydrogen) atoms. The highest BCUT2D eigenvalue weighted by molar-refractivity contribution is 7.80. The zero-order valence-electron chi connectivity index (χ0n) is 8.46. The predicted molar refractivity (Wildman–Crippen MR) is 65.1 cm³/mol. The summed E-state index contributed by atoms with van der Waals surface area (Å²) in [6.07, 6.45) is 0. The molecule has 0 aromatic heterocycles. The molecule has 1 atom stereocenters. The van der Waals surface area contributed by atoms with Crippen molar-refractivity contribution < 1.29 is 9.18 Å². The maximum Gasteiger partial charge on any atom is 0.253 e. The molecule has 86 valence electrons. The monoisotopic (exact) mass is 260 g/mol. The molecule has 1 aromatic rings. The van der Waals surface area contributed by atoms with E-state index in [1.165, 1.54) is 18.2 Å². The van der Waals surface area contributed by atoms with Gasteiger partial charge in [-0.3, -0.25) is 4.79 Å². The van der Waals surface area contributed by atoms with Gasteiger partial charge in [0.15, 0.2) is 0 Å². The molecule has 0 aliphatic rings. The molecule has 0 fully saturated rings. The minimum atomic E-state index is -0.641. The average Bonchev–Trinajstić information content (AvgIpc) is 2.21. The van der Waals surface area contributed by atoms with E-state index in [1.807, 2.05) is 0 Å². The fourth-order valence-corrected chi connectivity index (χ4v) is 1.30. The number of halogens is 2. The van der Waals surface area contributed by atoms with Crippen molar-refractivity contribution >= 4 is 34.7 Å². The number of hydrogen-bond donors (Lipinski definition) is 2. The average molecular weight is 261 g/mol. The Hall–Kier alpha value is -1.20. The number of thiocarbonyl (C=S) groups is 1. The van der Waals surface area contributed by atoms with Crippen LogP contribution in [0.25, 0.3) is 0 Å². The van der Waals surface area contributed by atoms with Gasteiger partial charge in [-0.15, -0.1) is 0 Å². The van der Waals surface area contributed by atoms with E-state index in [2.05, 4.69) is 5.32 Å². The summed E-state index contributed by atoms with van der Waals surface area (Å²) in [5, 5.41) is 2.29.